The third kappa shape index (κ3) is 2.71. The summed E-state index contributed by atoms with van der Waals surface area (Å²) in [6.45, 7) is 3.15. The zero-order valence-corrected chi connectivity index (χ0v) is 10.1. The lowest BCUT2D eigenvalue weighted by atomic mass is 10.2. The van der Waals surface area contributed by atoms with Gasteiger partial charge in [-0.05, 0) is 31.5 Å². The lowest BCUT2D eigenvalue weighted by Gasteiger charge is -2.13. The standard InChI is InChI=1S/C10H13ClO3S/c1-7-4-3-5-9(6-7)15(13,14)10(11)8(2)12/h3-6,8,10,12H,1-2H3. The van der Waals surface area contributed by atoms with Gasteiger partial charge in [0.2, 0.25) is 0 Å². The van der Waals surface area contributed by atoms with E-state index < -0.39 is 20.7 Å². The summed E-state index contributed by atoms with van der Waals surface area (Å²) in [4.78, 5) is 0.142. The highest BCUT2D eigenvalue weighted by molar-refractivity contribution is 7.93. The Morgan fingerprint density at radius 1 is 1.40 bits per heavy atom. The van der Waals surface area contributed by atoms with Gasteiger partial charge in [-0.15, -0.1) is 11.6 Å². The lowest BCUT2D eigenvalue weighted by Crippen LogP contribution is -2.26. The van der Waals surface area contributed by atoms with Crippen LogP contribution in [0.4, 0.5) is 0 Å². The molecule has 0 heterocycles. The summed E-state index contributed by atoms with van der Waals surface area (Å²) in [5, 5.41) is 9.18. The second kappa shape index (κ2) is 4.51. The van der Waals surface area contributed by atoms with Crippen LogP contribution < -0.4 is 0 Å². The Labute approximate surface area is 94.6 Å². The monoisotopic (exact) mass is 248 g/mol. The molecule has 0 saturated carbocycles. The summed E-state index contributed by atoms with van der Waals surface area (Å²) in [6, 6.07) is 6.45. The van der Waals surface area contributed by atoms with Crippen molar-refractivity contribution in [3.05, 3.63) is 29.8 Å². The maximum absolute atomic E-state index is 11.8. The van der Waals surface area contributed by atoms with Crippen molar-refractivity contribution >= 4 is 21.4 Å². The minimum absolute atomic E-state index is 0.142. The number of benzene rings is 1. The van der Waals surface area contributed by atoms with Gasteiger partial charge in [0.15, 0.2) is 14.5 Å². The maximum atomic E-state index is 11.8. The van der Waals surface area contributed by atoms with E-state index in [-0.39, 0.29) is 4.90 Å². The van der Waals surface area contributed by atoms with Gasteiger partial charge in [-0.1, -0.05) is 12.1 Å². The Balaban J connectivity index is 3.17. The number of halogens is 1. The third-order valence-electron chi connectivity index (χ3n) is 1.99. The summed E-state index contributed by atoms with van der Waals surface area (Å²) < 4.78 is 22.4. The average molecular weight is 249 g/mol. The maximum Gasteiger partial charge on any atom is 0.197 e. The molecule has 1 N–H and O–H groups in total. The van der Waals surface area contributed by atoms with Gasteiger partial charge in [0, 0.05) is 0 Å². The van der Waals surface area contributed by atoms with Crippen LogP contribution in [-0.2, 0) is 9.84 Å². The van der Waals surface area contributed by atoms with E-state index in [1.54, 1.807) is 19.1 Å². The molecule has 0 aliphatic rings. The molecule has 0 bridgehead atoms. The fourth-order valence-electron chi connectivity index (χ4n) is 1.18. The zero-order chi connectivity index (χ0) is 11.6. The van der Waals surface area contributed by atoms with E-state index in [4.69, 9.17) is 11.6 Å². The highest BCUT2D eigenvalue weighted by Crippen LogP contribution is 2.22. The van der Waals surface area contributed by atoms with Crippen molar-refractivity contribution in [3.8, 4) is 0 Å². The minimum Gasteiger partial charge on any atom is -0.391 e. The fourth-order valence-corrected chi connectivity index (χ4v) is 2.89. The Bertz CT molecular complexity index is 440. The number of hydrogen-bond donors (Lipinski definition) is 1. The molecule has 0 aliphatic carbocycles. The largest absolute Gasteiger partial charge is 0.391 e. The van der Waals surface area contributed by atoms with Crippen molar-refractivity contribution in [3.63, 3.8) is 0 Å². The van der Waals surface area contributed by atoms with E-state index in [0.717, 1.165) is 5.56 Å². The summed E-state index contributed by atoms with van der Waals surface area (Å²) in [7, 11) is -3.65. The molecule has 0 radical (unpaired) electrons. The molecule has 0 aromatic heterocycles. The Kier molecular flexibility index (Phi) is 3.76. The second-order valence-electron chi connectivity index (χ2n) is 3.45. The normalized spacial score (nSPS) is 16.0. The quantitative estimate of drug-likeness (QED) is 0.829. The SMILES string of the molecule is Cc1cccc(S(=O)(=O)C(Cl)C(C)O)c1. The smallest absolute Gasteiger partial charge is 0.197 e. The van der Waals surface area contributed by atoms with Crippen LogP contribution in [0.25, 0.3) is 0 Å². The molecule has 2 unspecified atom stereocenters. The molecule has 5 heteroatoms. The first-order valence-electron chi connectivity index (χ1n) is 4.48. The molecule has 84 valence electrons. The van der Waals surface area contributed by atoms with Gasteiger partial charge < -0.3 is 5.11 Å². The van der Waals surface area contributed by atoms with Crippen LogP contribution in [0.15, 0.2) is 29.2 Å². The van der Waals surface area contributed by atoms with Crippen LogP contribution in [-0.4, -0.2) is 24.3 Å². The molecular weight excluding hydrogens is 236 g/mol. The number of alkyl halides is 1. The van der Waals surface area contributed by atoms with Gasteiger partial charge in [-0.25, -0.2) is 8.42 Å². The first kappa shape index (κ1) is 12.5. The first-order valence-corrected chi connectivity index (χ1v) is 6.46. The summed E-state index contributed by atoms with van der Waals surface area (Å²) >= 11 is 5.66. The van der Waals surface area contributed by atoms with Crippen molar-refractivity contribution in [1.29, 1.82) is 0 Å². The molecule has 0 fully saturated rings. The Hall–Kier alpha value is -0.580. The predicted molar refractivity (Wildman–Crippen MR) is 59.7 cm³/mol. The fraction of sp³-hybridized carbons (Fsp3) is 0.400. The Morgan fingerprint density at radius 3 is 2.47 bits per heavy atom. The molecule has 0 saturated heterocycles. The molecular formula is C10H13ClO3S. The second-order valence-corrected chi connectivity index (χ2v) is 6.25. The first-order chi connectivity index (χ1) is 6.85. The number of aliphatic hydroxyl groups is 1. The van der Waals surface area contributed by atoms with E-state index in [0.29, 0.717) is 0 Å². The summed E-state index contributed by atoms with van der Waals surface area (Å²) in [5.41, 5.74) is 0.838. The molecule has 3 nitrogen and oxygen atoms in total. The van der Waals surface area contributed by atoms with E-state index in [2.05, 4.69) is 0 Å². The number of hydrogen-bond acceptors (Lipinski definition) is 3. The highest BCUT2D eigenvalue weighted by atomic mass is 35.5. The highest BCUT2D eigenvalue weighted by Gasteiger charge is 2.29. The Morgan fingerprint density at radius 2 is 2.00 bits per heavy atom. The van der Waals surface area contributed by atoms with E-state index in [1.807, 2.05) is 0 Å². The summed E-state index contributed by atoms with van der Waals surface area (Å²) in [5.74, 6) is 0. The van der Waals surface area contributed by atoms with Crippen LogP contribution in [0.3, 0.4) is 0 Å². The minimum atomic E-state index is -3.65. The van der Waals surface area contributed by atoms with Gasteiger partial charge >= 0.3 is 0 Å². The van der Waals surface area contributed by atoms with E-state index in [9.17, 15) is 13.5 Å². The number of rotatable bonds is 3. The van der Waals surface area contributed by atoms with Gasteiger partial charge in [-0.2, -0.15) is 0 Å². The number of aliphatic hydroxyl groups excluding tert-OH is 1. The van der Waals surface area contributed by atoms with Crippen LogP contribution in [0, 0.1) is 6.92 Å². The average Bonchev–Trinajstić information content (AvgIpc) is 2.16. The van der Waals surface area contributed by atoms with Crippen LogP contribution in [0.1, 0.15) is 12.5 Å². The van der Waals surface area contributed by atoms with E-state index in [1.165, 1.54) is 19.1 Å². The van der Waals surface area contributed by atoms with Crippen molar-refractivity contribution < 1.29 is 13.5 Å². The molecule has 1 aromatic carbocycles. The number of sulfone groups is 1. The molecule has 0 aliphatic heterocycles. The van der Waals surface area contributed by atoms with Crippen molar-refractivity contribution in [1.82, 2.24) is 0 Å². The van der Waals surface area contributed by atoms with Crippen LogP contribution in [0.2, 0.25) is 0 Å². The molecule has 15 heavy (non-hydrogen) atoms. The predicted octanol–water partition coefficient (Wildman–Crippen LogP) is 1.71. The molecule has 1 rings (SSSR count). The number of aryl methyl sites for hydroxylation is 1. The van der Waals surface area contributed by atoms with Crippen molar-refractivity contribution in [2.24, 2.45) is 0 Å². The molecule has 0 spiro atoms. The lowest BCUT2D eigenvalue weighted by molar-refractivity contribution is 0.208. The van der Waals surface area contributed by atoms with Gasteiger partial charge in [0.05, 0.1) is 11.0 Å². The van der Waals surface area contributed by atoms with Crippen molar-refractivity contribution in [2.75, 3.05) is 0 Å². The topological polar surface area (TPSA) is 54.4 Å². The van der Waals surface area contributed by atoms with Gasteiger partial charge in [-0.3, -0.25) is 0 Å². The molecule has 1 aromatic rings. The van der Waals surface area contributed by atoms with Gasteiger partial charge in [0.25, 0.3) is 0 Å². The summed E-state index contributed by atoms with van der Waals surface area (Å²) in [6.07, 6.45) is -1.10. The van der Waals surface area contributed by atoms with Crippen LogP contribution >= 0.6 is 11.6 Å². The third-order valence-corrected chi connectivity index (χ3v) is 4.96. The van der Waals surface area contributed by atoms with E-state index >= 15 is 0 Å². The molecule has 0 amide bonds. The molecule has 2 atom stereocenters. The van der Waals surface area contributed by atoms with Crippen molar-refractivity contribution in [2.45, 2.75) is 29.6 Å². The van der Waals surface area contributed by atoms with Gasteiger partial charge in [0.1, 0.15) is 0 Å². The zero-order valence-electron chi connectivity index (χ0n) is 8.51. The van der Waals surface area contributed by atoms with Crippen LogP contribution in [0.5, 0.6) is 0 Å².